The van der Waals surface area contributed by atoms with Crippen molar-refractivity contribution in [2.45, 2.75) is 31.3 Å². The Morgan fingerprint density at radius 1 is 1.24 bits per heavy atom. The first kappa shape index (κ1) is 14.1. The first-order chi connectivity index (χ1) is 10.3. The molecule has 1 saturated heterocycles. The number of carbonyl (C=O) groups is 1. The highest BCUT2D eigenvalue weighted by Crippen LogP contribution is 2.34. The average molecular weight is 284 g/mol. The van der Waals surface area contributed by atoms with Gasteiger partial charge in [0.1, 0.15) is 0 Å². The van der Waals surface area contributed by atoms with Crippen molar-refractivity contribution < 1.29 is 14.3 Å². The van der Waals surface area contributed by atoms with Crippen LogP contribution in [0.5, 0.6) is 0 Å². The molecule has 0 spiro atoms. The number of benzene rings is 2. The molecule has 3 nitrogen and oxygen atoms in total. The minimum absolute atomic E-state index is 0.0765. The maximum atomic E-state index is 11.6. The van der Waals surface area contributed by atoms with Crippen LogP contribution in [0, 0.1) is 0 Å². The summed E-state index contributed by atoms with van der Waals surface area (Å²) in [6.45, 7) is 0.728. The molecule has 2 aromatic carbocycles. The van der Waals surface area contributed by atoms with Crippen molar-refractivity contribution in [1.82, 2.24) is 0 Å². The van der Waals surface area contributed by atoms with E-state index in [9.17, 15) is 4.79 Å². The van der Waals surface area contributed by atoms with E-state index in [0.717, 1.165) is 19.4 Å². The molecule has 3 heteroatoms. The van der Waals surface area contributed by atoms with Gasteiger partial charge in [-0.15, -0.1) is 0 Å². The van der Waals surface area contributed by atoms with Crippen LogP contribution in [0.25, 0.3) is 10.8 Å². The predicted molar refractivity (Wildman–Crippen MR) is 82.3 cm³/mol. The molecule has 3 rings (SSSR count). The van der Waals surface area contributed by atoms with Gasteiger partial charge in [-0.2, -0.15) is 0 Å². The molecule has 1 aliphatic heterocycles. The summed E-state index contributed by atoms with van der Waals surface area (Å²) in [7, 11) is 1.43. The second-order valence-electron chi connectivity index (χ2n) is 5.54. The van der Waals surface area contributed by atoms with E-state index in [4.69, 9.17) is 9.47 Å². The molecule has 0 N–H and O–H groups in total. The lowest BCUT2D eigenvalue weighted by molar-refractivity contribution is -0.145. The Balaban J connectivity index is 1.88. The van der Waals surface area contributed by atoms with Gasteiger partial charge < -0.3 is 9.47 Å². The average Bonchev–Trinajstić information content (AvgIpc) is 2.55. The van der Waals surface area contributed by atoms with Crippen molar-refractivity contribution in [1.29, 1.82) is 0 Å². The van der Waals surface area contributed by atoms with E-state index >= 15 is 0 Å². The number of esters is 1. The quantitative estimate of drug-likeness (QED) is 0.807. The van der Waals surface area contributed by atoms with Crippen molar-refractivity contribution in [3.8, 4) is 0 Å². The maximum Gasteiger partial charge on any atom is 0.308 e. The molecule has 0 saturated carbocycles. The number of hydrogen-bond acceptors (Lipinski definition) is 3. The topological polar surface area (TPSA) is 35.5 Å². The lowest BCUT2D eigenvalue weighted by Crippen LogP contribution is -2.30. The van der Waals surface area contributed by atoms with Crippen molar-refractivity contribution >= 4 is 16.7 Å². The van der Waals surface area contributed by atoms with Gasteiger partial charge in [0.25, 0.3) is 0 Å². The van der Waals surface area contributed by atoms with Crippen molar-refractivity contribution in [3.63, 3.8) is 0 Å². The first-order valence-electron chi connectivity index (χ1n) is 7.45. The number of hydrogen-bond donors (Lipinski definition) is 0. The molecule has 2 unspecified atom stereocenters. The van der Waals surface area contributed by atoms with Crippen LogP contribution >= 0.6 is 0 Å². The summed E-state index contributed by atoms with van der Waals surface area (Å²) in [5, 5.41) is 2.47. The largest absolute Gasteiger partial charge is 0.469 e. The molecule has 0 aromatic heterocycles. The van der Waals surface area contributed by atoms with Crippen LogP contribution in [0.3, 0.4) is 0 Å². The maximum absolute atomic E-state index is 11.6. The zero-order chi connectivity index (χ0) is 14.7. The van der Waals surface area contributed by atoms with Crippen molar-refractivity contribution in [2.75, 3.05) is 13.7 Å². The smallest absolute Gasteiger partial charge is 0.308 e. The molecule has 21 heavy (non-hydrogen) atoms. The van der Waals surface area contributed by atoms with Crippen molar-refractivity contribution in [2.24, 2.45) is 0 Å². The summed E-state index contributed by atoms with van der Waals surface area (Å²) in [5.41, 5.74) is 1.25. The Morgan fingerprint density at radius 3 is 2.86 bits per heavy atom. The summed E-state index contributed by atoms with van der Waals surface area (Å²) in [4.78, 5) is 11.6. The fourth-order valence-electron chi connectivity index (χ4n) is 3.11. The van der Waals surface area contributed by atoms with Crippen LogP contribution in [-0.4, -0.2) is 25.8 Å². The molecular weight excluding hydrogens is 264 g/mol. The van der Waals surface area contributed by atoms with Crippen LogP contribution < -0.4 is 0 Å². The molecule has 1 heterocycles. The van der Waals surface area contributed by atoms with Gasteiger partial charge in [-0.05, 0) is 29.2 Å². The van der Waals surface area contributed by atoms with Crippen LogP contribution in [-0.2, 0) is 14.3 Å². The zero-order valence-corrected chi connectivity index (χ0v) is 12.2. The van der Waals surface area contributed by atoms with E-state index in [-0.39, 0.29) is 18.0 Å². The Morgan fingerprint density at radius 2 is 2.05 bits per heavy atom. The highest BCUT2D eigenvalue weighted by atomic mass is 16.5. The molecule has 0 aliphatic carbocycles. The van der Waals surface area contributed by atoms with Gasteiger partial charge in [-0.3, -0.25) is 4.79 Å². The van der Waals surface area contributed by atoms with Gasteiger partial charge in [0, 0.05) is 12.5 Å². The second-order valence-corrected chi connectivity index (χ2v) is 5.54. The third-order valence-electron chi connectivity index (χ3n) is 4.24. The van der Waals surface area contributed by atoms with Gasteiger partial charge >= 0.3 is 5.97 Å². The Kier molecular flexibility index (Phi) is 4.20. The van der Waals surface area contributed by atoms with Crippen LogP contribution in [0.4, 0.5) is 0 Å². The summed E-state index contributed by atoms with van der Waals surface area (Å²) >= 11 is 0. The molecule has 1 aliphatic rings. The molecule has 110 valence electrons. The minimum atomic E-state index is -0.201. The fraction of sp³-hybridized carbons (Fsp3) is 0.389. The van der Waals surface area contributed by atoms with E-state index in [2.05, 4.69) is 36.4 Å². The highest BCUT2D eigenvalue weighted by molar-refractivity contribution is 5.83. The monoisotopic (exact) mass is 284 g/mol. The SMILES string of the molecule is COC(=O)CC1OCCCC1c1ccc2ccccc2c1. The van der Waals surface area contributed by atoms with Gasteiger partial charge in [0.15, 0.2) is 0 Å². The summed E-state index contributed by atoms with van der Waals surface area (Å²) in [5.74, 6) is 0.0649. The summed E-state index contributed by atoms with van der Waals surface area (Å²) < 4.78 is 10.6. The third-order valence-corrected chi connectivity index (χ3v) is 4.24. The van der Waals surface area contributed by atoms with Gasteiger partial charge in [-0.1, -0.05) is 42.5 Å². The summed E-state index contributed by atoms with van der Waals surface area (Å²) in [6, 6.07) is 14.9. The van der Waals surface area contributed by atoms with E-state index in [1.54, 1.807) is 0 Å². The molecule has 2 aromatic rings. The Labute approximate surface area is 124 Å². The highest BCUT2D eigenvalue weighted by Gasteiger charge is 2.29. The number of rotatable bonds is 3. The molecule has 2 atom stereocenters. The summed E-state index contributed by atoms with van der Waals surface area (Å²) in [6.07, 6.45) is 2.34. The van der Waals surface area contributed by atoms with Gasteiger partial charge in [0.2, 0.25) is 0 Å². The third kappa shape index (κ3) is 3.08. The lowest BCUT2D eigenvalue weighted by atomic mass is 9.85. The predicted octanol–water partition coefficient (Wildman–Crippen LogP) is 3.67. The zero-order valence-electron chi connectivity index (χ0n) is 12.2. The molecule has 0 amide bonds. The molecule has 0 radical (unpaired) electrons. The molecule has 0 bridgehead atoms. The number of carbonyl (C=O) groups excluding carboxylic acids is 1. The number of fused-ring (bicyclic) bond motifs is 1. The van der Waals surface area contributed by atoms with Crippen LogP contribution in [0.1, 0.15) is 30.7 Å². The Hall–Kier alpha value is -1.87. The fourth-order valence-corrected chi connectivity index (χ4v) is 3.11. The minimum Gasteiger partial charge on any atom is -0.469 e. The number of ether oxygens (including phenoxy) is 2. The second kappa shape index (κ2) is 6.27. The van der Waals surface area contributed by atoms with E-state index in [0.29, 0.717) is 6.42 Å². The first-order valence-corrected chi connectivity index (χ1v) is 7.45. The number of methoxy groups -OCH3 is 1. The normalized spacial score (nSPS) is 22.1. The van der Waals surface area contributed by atoms with Gasteiger partial charge in [-0.25, -0.2) is 0 Å². The molecular formula is C18H20O3. The van der Waals surface area contributed by atoms with Crippen molar-refractivity contribution in [3.05, 3.63) is 48.0 Å². The lowest BCUT2D eigenvalue weighted by Gasteiger charge is -2.31. The van der Waals surface area contributed by atoms with E-state index in [1.807, 2.05) is 6.07 Å². The van der Waals surface area contributed by atoms with E-state index < -0.39 is 0 Å². The van der Waals surface area contributed by atoms with Gasteiger partial charge in [0.05, 0.1) is 19.6 Å². The Bertz CT molecular complexity index is 635. The van der Waals surface area contributed by atoms with Crippen LogP contribution in [0.2, 0.25) is 0 Å². The molecule has 1 fully saturated rings. The van der Waals surface area contributed by atoms with E-state index in [1.165, 1.54) is 23.4 Å². The standard InChI is InChI=1S/C18H20O3/c1-20-18(19)12-17-16(7-4-10-21-17)15-9-8-13-5-2-3-6-14(13)11-15/h2-3,5-6,8-9,11,16-17H,4,7,10,12H2,1H3. The van der Waals surface area contributed by atoms with Crippen LogP contribution in [0.15, 0.2) is 42.5 Å².